The van der Waals surface area contributed by atoms with E-state index in [9.17, 15) is 0 Å². The van der Waals surface area contributed by atoms with Crippen LogP contribution in [0, 0.1) is 0 Å². The summed E-state index contributed by atoms with van der Waals surface area (Å²) in [6.45, 7) is 0. The number of phenolic OH excluding ortho intramolecular Hbond substituents is 2. The molecule has 1 rings (SSSR count). The second kappa shape index (κ2) is 2.77. The molecule has 0 unspecified atom stereocenters. The highest BCUT2D eigenvalue weighted by Gasteiger charge is 2.08. The average molecular weight is 156 g/mol. The predicted molar refractivity (Wildman–Crippen MR) is 37.0 cm³/mol. The van der Waals surface area contributed by atoms with E-state index in [0.717, 1.165) is 6.07 Å². The van der Waals surface area contributed by atoms with Crippen molar-refractivity contribution in [2.24, 2.45) is 0 Å². The number of benzene rings is 1. The van der Waals surface area contributed by atoms with Gasteiger partial charge in [0, 0.05) is 11.6 Å². The summed E-state index contributed by atoms with van der Waals surface area (Å²) in [5, 5.41) is 35.0. The second-order valence-electron chi connectivity index (χ2n) is 2.12. The number of aliphatic hydroxyl groups excluding tert-OH is 1. The predicted octanol–water partition coefficient (Wildman–Crippen LogP) is 0.0810. The van der Waals surface area contributed by atoms with Gasteiger partial charge in [0.25, 0.3) is 0 Å². The maximum atomic E-state index is 8.98. The largest absolute Gasteiger partial charge is 0.508 e. The summed E-state index contributed by atoms with van der Waals surface area (Å²) in [7, 11) is 0. The van der Waals surface area contributed by atoms with Gasteiger partial charge in [-0.25, -0.2) is 0 Å². The van der Waals surface area contributed by atoms with Gasteiger partial charge in [0.2, 0.25) is 0 Å². The molecule has 0 aliphatic heterocycles. The first kappa shape index (κ1) is 7.84. The Morgan fingerprint density at radius 1 is 1.09 bits per heavy atom. The first-order valence-corrected chi connectivity index (χ1v) is 2.99. The lowest BCUT2D eigenvalue weighted by Crippen LogP contribution is -1.94. The van der Waals surface area contributed by atoms with Crippen molar-refractivity contribution in [3.05, 3.63) is 23.8 Å². The zero-order valence-electron chi connectivity index (χ0n) is 5.60. The van der Waals surface area contributed by atoms with Crippen LogP contribution in [-0.4, -0.2) is 20.4 Å². The lowest BCUT2D eigenvalue weighted by atomic mass is 10.2. The topological polar surface area (TPSA) is 80.9 Å². The van der Waals surface area contributed by atoms with Crippen LogP contribution in [0.2, 0.25) is 0 Å². The van der Waals surface area contributed by atoms with Gasteiger partial charge in [-0.1, -0.05) is 0 Å². The van der Waals surface area contributed by atoms with Gasteiger partial charge in [-0.05, 0) is 12.1 Å². The van der Waals surface area contributed by atoms with Gasteiger partial charge in [-0.15, -0.1) is 0 Å². The molecular weight excluding hydrogens is 148 g/mol. The lowest BCUT2D eigenvalue weighted by Gasteiger charge is -2.05. The second-order valence-corrected chi connectivity index (χ2v) is 2.12. The van der Waals surface area contributed by atoms with Crippen LogP contribution in [0.25, 0.3) is 0 Å². The Hall–Kier alpha value is -1.26. The maximum absolute atomic E-state index is 8.98. The van der Waals surface area contributed by atoms with Gasteiger partial charge < -0.3 is 20.4 Å². The van der Waals surface area contributed by atoms with Crippen LogP contribution >= 0.6 is 0 Å². The van der Waals surface area contributed by atoms with E-state index in [1.54, 1.807) is 0 Å². The molecule has 0 bridgehead atoms. The Morgan fingerprint density at radius 2 is 1.73 bits per heavy atom. The molecule has 11 heavy (non-hydrogen) atoms. The van der Waals surface area contributed by atoms with E-state index in [4.69, 9.17) is 20.4 Å². The van der Waals surface area contributed by atoms with Crippen molar-refractivity contribution >= 4 is 0 Å². The molecule has 1 aromatic carbocycles. The van der Waals surface area contributed by atoms with Crippen molar-refractivity contribution < 1.29 is 20.4 Å². The van der Waals surface area contributed by atoms with E-state index in [1.807, 2.05) is 0 Å². The highest BCUT2D eigenvalue weighted by Crippen LogP contribution is 2.26. The van der Waals surface area contributed by atoms with Crippen molar-refractivity contribution in [2.45, 2.75) is 6.29 Å². The summed E-state index contributed by atoms with van der Waals surface area (Å²) in [6, 6.07) is 3.53. The lowest BCUT2D eigenvalue weighted by molar-refractivity contribution is -0.0438. The minimum Gasteiger partial charge on any atom is -0.508 e. The highest BCUT2D eigenvalue weighted by atomic mass is 16.5. The quantitative estimate of drug-likeness (QED) is 0.434. The van der Waals surface area contributed by atoms with Crippen LogP contribution in [0.5, 0.6) is 11.5 Å². The Balaban J connectivity index is 3.09. The average Bonchev–Trinajstić information content (AvgIpc) is 1.85. The summed E-state index contributed by atoms with van der Waals surface area (Å²) in [5.41, 5.74) is -0.0252. The number of aliphatic hydroxyl groups is 2. The van der Waals surface area contributed by atoms with Crippen molar-refractivity contribution in [1.29, 1.82) is 0 Å². The molecule has 60 valence electrons. The van der Waals surface area contributed by atoms with Crippen LogP contribution in [-0.2, 0) is 0 Å². The van der Waals surface area contributed by atoms with Crippen LogP contribution in [0.15, 0.2) is 18.2 Å². The first-order chi connectivity index (χ1) is 5.11. The molecule has 0 saturated heterocycles. The van der Waals surface area contributed by atoms with E-state index < -0.39 is 6.29 Å². The molecule has 0 radical (unpaired) electrons. The summed E-state index contributed by atoms with van der Waals surface area (Å²) >= 11 is 0. The smallest absolute Gasteiger partial charge is 0.182 e. The molecule has 0 fully saturated rings. The van der Waals surface area contributed by atoms with E-state index >= 15 is 0 Å². The van der Waals surface area contributed by atoms with Gasteiger partial charge in [0.15, 0.2) is 6.29 Å². The molecule has 4 N–H and O–H groups in total. The van der Waals surface area contributed by atoms with E-state index in [0.29, 0.717) is 0 Å². The number of hydrogen-bond donors (Lipinski definition) is 4. The van der Waals surface area contributed by atoms with Gasteiger partial charge in [-0.3, -0.25) is 0 Å². The van der Waals surface area contributed by atoms with Crippen molar-refractivity contribution in [1.82, 2.24) is 0 Å². The molecule has 0 amide bonds. The van der Waals surface area contributed by atoms with E-state index in [1.165, 1.54) is 12.1 Å². The normalized spacial score (nSPS) is 10.5. The van der Waals surface area contributed by atoms with Gasteiger partial charge in [0.05, 0.1) is 0 Å². The highest BCUT2D eigenvalue weighted by molar-refractivity contribution is 5.39. The molecule has 0 saturated carbocycles. The van der Waals surface area contributed by atoms with Crippen LogP contribution in [0.3, 0.4) is 0 Å². The molecule has 0 aliphatic carbocycles. The van der Waals surface area contributed by atoms with Gasteiger partial charge >= 0.3 is 0 Å². The third-order valence-corrected chi connectivity index (χ3v) is 1.29. The molecule has 0 aromatic heterocycles. The van der Waals surface area contributed by atoms with Crippen molar-refractivity contribution in [3.63, 3.8) is 0 Å². The summed E-state index contributed by atoms with van der Waals surface area (Å²) < 4.78 is 0. The molecule has 4 heteroatoms. The molecule has 0 heterocycles. The molecular formula is C7H8O4. The third-order valence-electron chi connectivity index (χ3n) is 1.29. The molecule has 4 nitrogen and oxygen atoms in total. The van der Waals surface area contributed by atoms with Crippen LogP contribution < -0.4 is 0 Å². The fraction of sp³-hybridized carbons (Fsp3) is 0.143. The Morgan fingerprint density at radius 3 is 2.18 bits per heavy atom. The molecule has 0 atom stereocenters. The Kier molecular flexibility index (Phi) is 1.98. The zero-order chi connectivity index (χ0) is 8.43. The minimum absolute atomic E-state index is 0.0252. The van der Waals surface area contributed by atoms with Gasteiger partial charge in [-0.2, -0.15) is 0 Å². The monoisotopic (exact) mass is 156 g/mol. The van der Waals surface area contributed by atoms with Gasteiger partial charge in [0.1, 0.15) is 11.5 Å². The van der Waals surface area contributed by atoms with E-state index in [2.05, 4.69) is 0 Å². The zero-order valence-corrected chi connectivity index (χ0v) is 5.60. The molecule has 0 aliphatic rings. The summed E-state index contributed by atoms with van der Waals surface area (Å²) in [5.74, 6) is -0.452. The number of hydrogen-bond acceptors (Lipinski definition) is 4. The summed E-state index contributed by atoms with van der Waals surface area (Å²) in [6.07, 6.45) is -1.71. The Bertz CT molecular complexity index is 257. The van der Waals surface area contributed by atoms with Crippen LogP contribution in [0.1, 0.15) is 11.9 Å². The standard InChI is InChI=1S/C7H8O4/c8-4-1-2-5(7(10)11)6(9)3-4/h1-3,7-11H. The van der Waals surface area contributed by atoms with Crippen molar-refractivity contribution in [2.75, 3.05) is 0 Å². The number of aromatic hydroxyl groups is 2. The number of phenols is 2. The SMILES string of the molecule is Oc1ccc(C(O)O)c(O)c1. The van der Waals surface area contributed by atoms with Crippen molar-refractivity contribution in [3.8, 4) is 11.5 Å². The number of rotatable bonds is 1. The summed E-state index contributed by atoms with van der Waals surface area (Å²) in [4.78, 5) is 0. The maximum Gasteiger partial charge on any atom is 0.182 e. The Labute approximate surface area is 63.0 Å². The molecule has 1 aromatic rings. The minimum atomic E-state index is -1.71. The van der Waals surface area contributed by atoms with E-state index in [-0.39, 0.29) is 17.1 Å². The first-order valence-electron chi connectivity index (χ1n) is 2.99. The third kappa shape index (κ3) is 1.60. The van der Waals surface area contributed by atoms with Crippen LogP contribution in [0.4, 0.5) is 0 Å². The molecule has 0 spiro atoms. The fourth-order valence-electron chi connectivity index (χ4n) is 0.750. The fourth-order valence-corrected chi connectivity index (χ4v) is 0.750.